The Bertz CT molecular complexity index is 363. The number of ketones is 1. The third-order valence-electron chi connectivity index (χ3n) is 2.13. The number of allylic oxidation sites excluding steroid dienone is 2. The van der Waals surface area contributed by atoms with Crippen molar-refractivity contribution in [2.24, 2.45) is 0 Å². The Morgan fingerprint density at radius 2 is 2.14 bits per heavy atom. The van der Waals surface area contributed by atoms with Gasteiger partial charge in [-0.25, -0.2) is 0 Å². The van der Waals surface area contributed by atoms with Gasteiger partial charge in [-0.15, -0.1) is 11.3 Å². The predicted molar refractivity (Wildman–Crippen MR) is 60.8 cm³/mol. The number of aryl methyl sites for hydroxylation is 1. The number of nitrogens with zero attached hydrogens (tertiary/aromatic N) is 1. The van der Waals surface area contributed by atoms with Crippen LogP contribution in [0.3, 0.4) is 0 Å². The van der Waals surface area contributed by atoms with Gasteiger partial charge in [0, 0.05) is 25.9 Å². The molecule has 0 aliphatic rings. The monoisotopic (exact) mass is 209 g/mol. The minimum Gasteiger partial charge on any atom is -0.381 e. The summed E-state index contributed by atoms with van der Waals surface area (Å²) in [5.41, 5.74) is 2.03. The molecular formula is C11H15NOS. The number of hydrogen-bond acceptors (Lipinski definition) is 3. The summed E-state index contributed by atoms with van der Waals surface area (Å²) in [5, 5.41) is 1.95. The first-order valence-corrected chi connectivity index (χ1v) is 5.34. The van der Waals surface area contributed by atoms with Crippen LogP contribution in [0.2, 0.25) is 0 Å². The molecule has 0 saturated carbocycles. The Labute approximate surface area is 88.9 Å². The zero-order valence-corrected chi connectivity index (χ0v) is 9.81. The second-order valence-electron chi connectivity index (χ2n) is 3.48. The van der Waals surface area contributed by atoms with Crippen LogP contribution in [0.1, 0.15) is 22.2 Å². The SMILES string of the molecule is CC(=CC(=O)c1sccc1C)N(C)C. The molecule has 14 heavy (non-hydrogen) atoms. The van der Waals surface area contributed by atoms with Gasteiger partial charge in [0.15, 0.2) is 5.78 Å². The molecule has 3 heteroatoms. The molecule has 0 aliphatic heterocycles. The van der Waals surface area contributed by atoms with Crippen molar-refractivity contribution in [1.82, 2.24) is 4.90 Å². The molecule has 0 aliphatic carbocycles. The van der Waals surface area contributed by atoms with Crippen LogP contribution in [0, 0.1) is 6.92 Å². The van der Waals surface area contributed by atoms with Crippen molar-refractivity contribution in [3.05, 3.63) is 33.7 Å². The van der Waals surface area contributed by atoms with Crippen molar-refractivity contribution in [2.75, 3.05) is 14.1 Å². The van der Waals surface area contributed by atoms with Gasteiger partial charge in [-0.05, 0) is 30.9 Å². The van der Waals surface area contributed by atoms with Crippen LogP contribution in [0.4, 0.5) is 0 Å². The maximum absolute atomic E-state index is 11.7. The molecule has 0 aromatic carbocycles. The van der Waals surface area contributed by atoms with E-state index in [0.29, 0.717) is 0 Å². The fourth-order valence-electron chi connectivity index (χ4n) is 1.01. The lowest BCUT2D eigenvalue weighted by Crippen LogP contribution is -2.10. The number of hydrogen-bond donors (Lipinski definition) is 0. The summed E-state index contributed by atoms with van der Waals surface area (Å²) < 4.78 is 0. The number of rotatable bonds is 3. The predicted octanol–water partition coefficient (Wildman–Crippen LogP) is 2.70. The summed E-state index contributed by atoms with van der Waals surface area (Å²) in [6.45, 7) is 3.89. The van der Waals surface area contributed by atoms with Gasteiger partial charge in [0.2, 0.25) is 0 Å². The van der Waals surface area contributed by atoms with E-state index < -0.39 is 0 Å². The van der Waals surface area contributed by atoms with Crippen molar-refractivity contribution in [1.29, 1.82) is 0 Å². The molecule has 1 rings (SSSR count). The maximum atomic E-state index is 11.7. The fourth-order valence-corrected chi connectivity index (χ4v) is 1.85. The van der Waals surface area contributed by atoms with Crippen LogP contribution in [0.5, 0.6) is 0 Å². The van der Waals surface area contributed by atoms with Crippen LogP contribution >= 0.6 is 11.3 Å². The van der Waals surface area contributed by atoms with E-state index in [1.807, 2.05) is 44.3 Å². The molecule has 0 radical (unpaired) electrons. The second kappa shape index (κ2) is 4.42. The average Bonchev–Trinajstić information content (AvgIpc) is 2.51. The molecule has 0 N–H and O–H groups in total. The van der Waals surface area contributed by atoms with Crippen molar-refractivity contribution in [2.45, 2.75) is 13.8 Å². The van der Waals surface area contributed by atoms with Gasteiger partial charge in [-0.1, -0.05) is 0 Å². The Morgan fingerprint density at radius 1 is 1.50 bits per heavy atom. The highest BCUT2D eigenvalue weighted by molar-refractivity contribution is 7.12. The van der Waals surface area contributed by atoms with E-state index in [-0.39, 0.29) is 5.78 Å². The van der Waals surface area contributed by atoms with Gasteiger partial charge in [-0.3, -0.25) is 4.79 Å². The molecule has 76 valence electrons. The van der Waals surface area contributed by atoms with Gasteiger partial charge in [0.05, 0.1) is 4.88 Å². The van der Waals surface area contributed by atoms with Crippen molar-refractivity contribution >= 4 is 17.1 Å². The Kier molecular flexibility index (Phi) is 3.47. The summed E-state index contributed by atoms with van der Waals surface area (Å²) in [6.07, 6.45) is 1.68. The molecule has 1 aromatic heterocycles. The summed E-state index contributed by atoms with van der Waals surface area (Å²) in [7, 11) is 3.86. The first-order valence-electron chi connectivity index (χ1n) is 4.46. The molecule has 0 bridgehead atoms. The van der Waals surface area contributed by atoms with Gasteiger partial charge < -0.3 is 4.90 Å². The smallest absolute Gasteiger partial charge is 0.197 e. The number of carbonyl (C=O) groups excluding carboxylic acids is 1. The van der Waals surface area contributed by atoms with Crippen molar-refractivity contribution in [3.8, 4) is 0 Å². The van der Waals surface area contributed by atoms with E-state index in [1.165, 1.54) is 11.3 Å². The lowest BCUT2D eigenvalue weighted by atomic mass is 10.2. The molecular weight excluding hydrogens is 194 g/mol. The highest BCUT2D eigenvalue weighted by Crippen LogP contribution is 2.17. The molecule has 0 unspecified atom stereocenters. The van der Waals surface area contributed by atoms with Crippen LogP contribution in [0.25, 0.3) is 0 Å². The zero-order valence-electron chi connectivity index (χ0n) is 9.00. The van der Waals surface area contributed by atoms with Gasteiger partial charge in [0.25, 0.3) is 0 Å². The largest absolute Gasteiger partial charge is 0.381 e. The van der Waals surface area contributed by atoms with Crippen molar-refractivity contribution < 1.29 is 4.79 Å². The normalized spacial score (nSPS) is 11.6. The fraction of sp³-hybridized carbons (Fsp3) is 0.364. The molecule has 1 aromatic rings. The number of carbonyl (C=O) groups is 1. The molecule has 0 fully saturated rings. The maximum Gasteiger partial charge on any atom is 0.197 e. The molecule has 0 saturated heterocycles. The van der Waals surface area contributed by atoms with E-state index in [1.54, 1.807) is 6.08 Å². The lowest BCUT2D eigenvalue weighted by Gasteiger charge is -2.11. The Balaban J connectivity index is 2.88. The van der Waals surface area contributed by atoms with Crippen molar-refractivity contribution in [3.63, 3.8) is 0 Å². The summed E-state index contributed by atoms with van der Waals surface area (Å²) in [5.74, 6) is 0.101. The van der Waals surface area contributed by atoms with Crippen LogP contribution < -0.4 is 0 Å². The molecule has 2 nitrogen and oxygen atoms in total. The second-order valence-corrected chi connectivity index (χ2v) is 4.39. The Morgan fingerprint density at radius 3 is 2.57 bits per heavy atom. The van der Waals surface area contributed by atoms with Crippen LogP contribution in [-0.2, 0) is 0 Å². The van der Waals surface area contributed by atoms with Gasteiger partial charge >= 0.3 is 0 Å². The lowest BCUT2D eigenvalue weighted by molar-refractivity contribution is 0.104. The van der Waals surface area contributed by atoms with Gasteiger partial charge in [-0.2, -0.15) is 0 Å². The first kappa shape index (κ1) is 11.0. The van der Waals surface area contributed by atoms with E-state index >= 15 is 0 Å². The van der Waals surface area contributed by atoms with E-state index in [4.69, 9.17) is 0 Å². The van der Waals surface area contributed by atoms with E-state index in [2.05, 4.69) is 0 Å². The third kappa shape index (κ3) is 2.45. The minimum atomic E-state index is 0.101. The highest BCUT2D eigenvalue weighted by atomic mass is 32.1. The summed E-state index contributed by atoms with van der Waals surface area (Å²) in [4.78, 5) is 14.5. The average molecular weight is 209 g/mol. The van der Waals surface area contributed by atoms with E-state index in [9.17, 15) is 4.79 Å². The zero-order chi connectivity index (χ0) is 10.7. The molecule has 0 atom stereocenters. The number of thiophene rings is 1. The standard InChI is InChI=1S/C11H15NOS/c1-8-5-6-14-11(8)10(13)7-9(2)12(3)4/h5-7H,1-4H3. The van der Waals surface area contributed by atoms with Gasteiger partial charge in [0.1, 0.15) is 0 Å². The van der Waals surface area contributed by atoms with E-state index in [0.717, 1.165) is 16.1 Å². The molecule has 1 heterocycles. The Hall–Kier alpha value is -1.09. The summed E-state index contributed by atoms with van der Waals surface area (Å²) in [6, 6.07) is 1.97. The van der Waals surface area contributed by atoms with Crippen LogP contribution in [0.15, 0.2) is 23.2 Å². The topological polar surface area (TPSA) is 20.3 Å². The minimum absolute atomic E-state index is 0.101. The molecule has 0 amide bonds. The first-order chi connectivity index (χ1) is 6.52. The highest BCUT2D eigenvalue weighted by Gasteiger charge is 2.08. The van der Waals surface area contributed by atoms with Crippen LogP contribution in [-0.4, -0.2) is 24.8 Å². The summed E-state index contributed by atoms with van der Waals surface area (Å²) >= 11 is 1.50. The quantitative estimate of drug-likeness (QED) is 0.563. The molecule has 0 spiro atoms. The third-order valence-corrected chi connectivity index (χ3v) is 3.16.